The zero-order valence-electron chi connectivity index (χ0n) is 13.0. The molecular formula is C16H22N2O2S. The van der Waals surface area contributed by atoms with Crippen LogP contribution in [0.5, 0.6) is 0 Å². The van der Waals surface area contributed by atoms with Crippen LogP contribution in [0.4, 0.5) is 0 Å². The number of benzene rings is 1. The highest BCUT2D eigenvalue weighted by Crippen LogP contribution is 2.31. The number of aromatic nitrogens is 2. The van der Waals surface area contributed by atoms with Crippen molar-refractivity contribution in [2.75, 3.05) is 5.75 Å². The summed E-state index contributed by atoms with van der Waals surface area (Å²) in [7, 11) is 0. The molecule has 1 aromatic heterocycles. The maximum Gasteiger partial charge on any atom is 0.313 e. The van der Waals surface area contributed by atoms with Crippen LogP contribution in [-0.4, -0.2) is 26.4 Å². The third-order valence-electron chi connectivity index (χ3n) is 3.39. The van der Waals surface area contributed by atoms with Crippen LogP contribution in [0.25, 0.3) is 11.0 Å². The fourth-order valence-corrected chi connectivity index (χ4v) is 3.46. The van der Waals surface area contributed by atoms with E-state index in [0.717, 1.165) is 22.6 Å². The highest BCUT2D eigenvalue weighted by molar-refractivity contribution is 7.99. The standard InChI is InChI=1S/C16H22N2O2S/c1-10(2)7-12(4)18-14-6-5-11(3)8-13(14)17-16(18)21-9-15(19)20/h5-6,8,10,12H,7,9H2,1-4H3,(H,19,20). The normalized spacial score (nSPS) is 13.0. The second-order valence-electron chi connectivity index (χ2n) is 5.92. The molecule has 0 aliphatic heterocycles. The lowest BCUT2D eigenvalue weighted by atomic mass is 10.0. The van der Waals surface area contributed by atoms with E-state index in [4.69, 9.17) is 5.11 Å². The molecule has 0 amide bonds. The zero-order chi connectivity index (χ0) is 15.6. The lowest BCUT2D eigenvalue weighted by Gasteiger charge is -2.19. The molecule has 0 spiro atoms. The number of thioether (sulfide) groups is 1. The highest BCUT2D eigenvalue weighted by atomic mass is 32.2. The molecule has 1 unspecified atom stereocenters. The number of fused-ring (bicyclic) bond motifs is 1. The summed E-state index contributed by atoms with van der Waals surface area (Å²) in [5, 5.41) is 9.71. The van der Waals surface area contributed by atoms with E-state index in [2.05, 4.69) is 48.5 Å². The topological polar surface area (TPSA) is 55.1 Å². The summed E-state index contributed by atoms with van der Waals surface area (Å²) in [4.78, 5) is 15.5. The molecule has 4 nitrogen and oxygen atoms in total. The molecule has 2 rings (SSSR count). The van der Waals surface area contributed by atoms with E-state index in [-0.39, 0.29) is 5.75 Å². The van der Waals surface area contributed by atoms with Crippen LogP contribution in [0.1, 0.15) is 38.8 Å². The Kier molecular flexibility index (Phi) is 4.93. The Morgan fingerprint density at radius 3 is 2.71 bits per heavy atom. The molecule has 0 fully saturated rings. The molecule has 114 valence electrons. The fourth-order valence-electron chi connectivity index (χ4n) is 2.63. The van der Waals surface area contributed by atoms with E-state index in [0.29, 0.717) is 12.0 Å². The minimum Gasteiger partial charge on any atom is -0.481 e. The number of rotatable bonds is 6. The van der Waals surface area contributed by atoms with Gasteiger partial charge in [-0.2, -0.15) is 0 Å². The van der Waals surface area contributed by atoms with Crippen molar-refractivity contribution in [3.8, 4) is 0 Å². The van der Waals surface area contributed by atoms with Crippen molar-refractivity contribution >= 4 is 28.8 Å². The summed E-state index contributed by atoms with van der Waals surface area (Å²) in [6.07, 6.45) is 1.04. The van der Waals surface area contributed by atoms with Gasteiger partial charge in [0.2, 0.25) is 0 Å². The van der Waals surface area contributed by atoms with Crippen molar-refractivity contribution in [1.29, 1.82) is 0 Å². The van der Waals surface area contributed by atoms with E-state index < -0.39 is 5.97 Å². The summed E-state index contributed by atoms with van der Waals surface area (Å²) < 4.78 is 2.18. The first-order chi connectivity index (χ1) is 9.88. The molecule has 2 aromatic rings. The van der Waals surface area contributed by atoms with E-state index >= 15 is 0 Å². The van der Waals surface area contributed by atoms with E-state index in [1.807, 2.05) is 6.92 Å². The number of carbonyl (C=O) groups is 1. The van der Waals surface area contributed by atoms with Crippen molar-refractivity contribution in [2.24, 2.45) is 5.92 Å². The Morgan fingerprint density at radius 2 is 2.10 bits per heavy atom. The van der Waals surface area contributed by atoms with Gasteiger partial charge in [-0.3, -0.25) is 4.79 Å². The number of imidazole rings is 1. The quantitative estimate of drug-likeness (QED) is 0.815. The third kappa shape index (κ3) is 3.79. The fraction of sp³-hybridized carbons (Fsp3) is 0.500. The van der Waals surface area contributed by atoms with Gasteiger partial charge in [0, 0.05) is 6.04 Å². The van der Waals surface area contributed by atoms with Gasteiger partial charge >= 0.3 is 5.97 Å². The lowest BCUT2D eigenvalue weighted by molar-refractivity contribution is -0.133. The van der Waals surface area contributed by atoms with Gasteiger partial charge in [-0.15, -0.1) is 0 Å². The van der Waals surface area contributed by atoms with E-state index in [1.54, 1.807) is 0 Å². The summed E-state index contributed by atoms with van der Waals surface area (Å²) in [5.41, 5.74) is 3.19. The molecule has 1 aromatic carbocycles. The number of carboxylic acid groups (broad SMARTS) is 1. The second-order valence-corrected chi connectivity index (χ2v) is 6.86. The van der Waals surface area contributed by atoms with Crippen molar-refractivity contribution in [3.05, 3.63) is 23.8 Å². The van der Waals surface area contributed by atoms with Crippen LogP contribution in [0.15, 0.2) is 23.4 Å². The Bertz CT molecular complexity index is 649. The average molecular weight is 306 g/mol. The van der Waals surface area contributed by atoms with Crippen LogP contribution < -0.4 is 0 Å². The van der Waals surface area contributed by atoms with Gasteiger partial charge in [0.05, 0.1) is 16.8 Å². The molecular weight excluding hydrogens is 284 g/mol. The molecule has 1 heterocycles. The smallest absolute Gasteiger partial charge is 0.313 e. The first kappa shape index (κ1) is 15.9. The zero-order valence-corrected chi connectivity index (χ0v) is 13.8. The monoisotopic (exact) mass is 306 g/mol. The van der Waals surface area contributed by atoms with Crippen LogP contribution in [0.3, 0.4) is 0 Å². The minimum absolute atomic E-state index is 0.0384. The summed E-state index contributed by atoms with van der Waals surface area (Å²) in [6, 6.07) is 6.51. The van der Waals surface area contributed by atoms with Gasteiger partial charge in [-0.25, -0.2) is 4.98 Å². The first-order valence-corrected chi connectivity index (χ1v) is 8.20. The molecule has 0 bridgehead atoms. The summed E-state index contributed by atoms with van der Waals surface area (Å²) >= 11 is 1.29. The third-order valence-corrected chi connectivity index (χ3v) is 4.33. The average Bonchev–Trinajstić information content (AvgIpc) is 2.72. The lowest BCUT2D eigenvalue weighted by Crippen LogP contribution is -2.10. The predicted octanol–water partition coefficient (Wildman–Crippen LogP) is 4.13. The minimum atomic E-state index is -0.814. The molecule has 0 aliphatic carbocycles. The van der Waals surface area contributed by atoms with Crippen molar-refractivity contribution in [3.63, 3.8) is 0 Å². The van der Waals surface area contributed by atoms with Gasteiger partial charge in [-0.05, 0) is 43.9 Å². The van der Waals surface area contributed by atoms with Crippen LogP contribution in [0, 0.1) is 12.8 Å². The second kappa shape index (κ2) is 6.52. The molecule has 5 heteroatoms. The van der Waals surface area contributed by atoms with Crippen LogP contribution in [-0.2, 0) is 4.79 Å². The SMILES string of the molecule is Cc1ccc2c(c1)nc(SCC(=O)O)n2C(C)CC(C)C. The van der Waals surface area contributed by atoms with Gasteiger partial charge in [0.15, 0.2) is 5.16 Å². The maximum absolute atomic E-state index is 10.8. The summed E-state index contributed by atoms with van der Waals surface area (Å²) in [6.45, 7) is 8.61. The first-order valence-electron chi connectivity index (χ1n) is 7.21. The van der Waals surface area contributed by atoms with E-state index in [9.17, 15) is 4.79 Å². The molecule has 0 aliphatic rings. The number of aliphatic carboxylic acids is 1. The van der Waals surface area contributed by atoms with Gasteiger partial charge in [0.1, 0.15) is 0 Å². The molecule has 1 N–H and O–H groups in total. The number of hydrogen-bond donors (Lipinski definition) is 1. The number of hydrogen-bond acceptors (Lipinski definition) is 3. The molecule has 21 heavy (non-hydrogen) atoms. The van der Waals surface area contributed by atoms with Crippen LogP contribution >= 0.6 is 11.8 Å². The number of aryl methyl sites for hydroxylation is 1. The molecule has 1 atom stereocenters. The Morgan fingerprint density at radius 1 is 1.38 bits per heavy atom. The highest BCUT2D eigenvalue weighted by Gasteiger charge is 2.18. The largest absolute Gasteiger partial charge is 0.481 e. The summed E-state index contributed by atoms with van der Waals surface area (Å²) in [5.74, 6) is -0.192. The van der Waals surface area contributed by atoms with Gasteiger partial charge in [0.25, 0.3) is 0 Å². The Hall–Kier alpha value is -1.49. The van der Waals surface area contributed by atoms with Crippen molar-refractivity contribution in [2.45, 2.75) is 45.3 Å². The maximum atomic E-state index is 10.8. The van der Waals surface area contributed by atoms with Crippen LogP contribution in [0.2, 0.25) is 0 Å². The number of nitrogens with zero attached hydrogens (tertiary/aromatic N) is 2. The molecule has 0 radical (unpaired) electrons. The molecule has 0 saturated carbocycles. The number of carboxylic acids is 1. The van der Waals surface area contributed by atoms with E-state index in [1.165, 1.54) is 17.3 Å². The van der Waals surface area contributed by atoms with Crippen molar-refractivity contribution < 1.29 is 9.90 Å². The Labute approximate surface area is 129 Å². The Balaban J connectivity index is 2.46. The molecule has 0 saturated heterocycles. The van der Waals surface area contributed by atoms with Crippen molar-refractivity contribution in [1.82, 2.24) is 9.55 Å². The van der Waals surface area contributed by atoms with Gasteiger partial charge < -0.3 is 9.67 Å². The van der Waals surface area contributed by atoms with Gasteiger partial charge in [-0.1, -0.05) is 31.7 Å². The predicted molar refractivity (Wildman–Crippen MR) is 87.0 cm³/mol.